The lowest BCUT2D eigenvalue weighted by molar-refractivity contribution is -0.116. The highest BCUT2D eigenvalue weighted by Crippen LogP contribution is 2.34. The van der Waals surface area contributed by atoms with Gasteiger partial charge < -0.3 is 14.4 Å². The van der Waals surface area contributed by atoms with E-state index in [1.165, 1.54) is 18.9 Å². The van der Waals surface area contributed by atoms with Gasteiger partial charge in [0.15, 0.2) is 5.82 Å². The fourth-order valence-electron chi connectivity index (χ4n) is 2.36. The molecule has 3 rings (SSSR count). The van der Waals surface area contributed by atoms with Crippen LogP contribution in [-0.2, 0) is 4.79 Å². The second-order valence-corrected chi connectivity index (χ2v) is 7.22. The molecule has 8 nitrogen and oxygen atoms in total. The van der Waals surface area contributed by atoms with E-state index in [4.69, 9.17) is 9.47 Å². The number of halogens is 2. The molecule has 0 unspecified atom stereocenters. The number of amides is 1. The van der Waals surface area contributed by atoms with Crippen molar-refractivity contribution in [3.05, 3.63) is 36.2 Å². The molecule has 0 aliphatic rings. The molecule has 0 spiro atoms. The molecule has 0 aliphatic carbocycles. The number of nitrogens with zero attached hydrogens (tertiary/aromatic N) is 5. The fraction of sp³-hybridized carbons (Fsp3) is 0.316. The molecule has 11 heteroatoms. The average Bonchev–Trinajstić information content (AvgIpc) is 3.16. The summed E-state index contributed by atoms with van der Waals surface area (Å²) in [7, 11) is 1.44. The lowest BCUT2D eigenvalue weighted by atomic mass is 10.2. The summed E-state index contributed by atoms with van der Waals surface area (Å²) in [6.07, 6.45) is -0.135. The van der Waals surface area contributed by atoms with Crippen molar-refractivity contribution >= 4 is 23.1 Å². The van der Waals surface area contributed by atoms with Gasteiger partial charge in [0, 0.05) is 37.3 Å². The van der Waals surface area contributed by atoms with Gasteiger partial charge in [-0.2, -0.15) is 9.36 Å². The van der Waals surface area contributed by atoms with Gasteiger partial charge in [-0.15, -0.1) is 0 Å². The summed E-state index contributed by atoms with van der Waals surface area (Å²) in [5, 5.41) is 0.129. The van der Waals surface area contributed by atoms with Gasteiger partial charge in [-0.1, -0.05) is 0 Å². The lowest BCUT2D eigenvalue weighted by Crippen LogP contribution is -2.23. The topological polar surface area (TPSA) is 90.3 Å². The van der Waals surface area contributed by atoms with Crippen molar-refractivity contribution in [1.82, 2.24) is 19.3 Å². The molecule has 0 radical (unpaired) electrons. The predicted octanol–water partition coefficient (Wildman–Crippen LogP) is 4.49. The van der Waals surface area contributed by atoms with Crippen LogP contribution in [0.25, 0.3) is 11.5 Å². The normalized spacial score (nSPS) is 11.1. The van der Waals surface area contributed by atoms with E-state index in [9.17, 15) is 13.6 Å². The maximum atomic E-state index is 13.0. The van der Waals surface area contributed by atoms with E-state index in [1.807, 2.05) is 13.8 Å². The minimum absolute atomic E-state index is 0.0290. The number of aromatic nitrogens is 4. The number of hydrogen-bond acceptors (Lipinski definition) is 8. The summed E-state index contributed by atoms with van der Waals surface area (Å²) >= 11 is 0.947. The van der Waals surface area contributed by atoms with Gasteiger partial charge >= 0.3 is 5.19 Å². The number of ether oxygens (including phenoxy) is 2. The smallest absolute Gasteiger partial charge is 0.300 e. The highest BCUT2D eigenvalue weighted by atomic mass is 32.1. The summed E-state index contributed by atoms with van der Waals surface area (Å²) in [5.74, 6) is 0.560. The van der Waals surface area contributed by atoms with Gasteiger partial charge in [0.1, 0.15) is 17.1 Å². The predicted molar refractivity (Wildman–Crippen MR) is 107 cm³/mol. The molecule has 0 saturated heterocycles. The zero-order chi connectivity index (χ0) is 21.8. The van der Waals surface area contributed by atoms with Crippen molar-refractivity contribution < 1.29 is 23.0 Å². The van der Waals surface area contributed by atoms with Crippen LogP contribution < -0.4 is 14.4 Å². The van der Waals surface area contributed by atoms with Crippen LogP contribution in [0.2, 0.25) is 0 Å². The van der Waals surface area contributed by atoms with Gasteiger partial charge in [-0.05, 0) is 32.0 Å². The number of hydrogen-bond donors (Lipinski definition) is 0. The Bertz CT molecular complexity index is 1030. The molecule has 0 fully saturated rings. The minimum atomic E-state index is -2.73. The summed E-state index contributed by atoms with van der Waals surface area (Å²) in [4.78, 5) is 25.4. The molecule has 0 atom stereocenters. The van der Waals surface area contributed by atoms with E-state index in [0.717, 1.165) is 23.8 Å². The zero-order valence-corrected chi connectivity index (χ0v) is 17.5. The number of anilines is 1. The molecule has 30 heavy (non-hydrogen) atoms. The Kier molecular flexibility index (Phi) is 6.50. The van der Waals surface area contributed by atoms with Crippen molar-refractivity contribution in [2.24, 2.45) is 0 Å². The zero-order valence-electron chi connectivity index (χ0n) is 16.7. The Morgan fingerprint density at radius 2 is 1.97 bits per heavy atom. The fourth-order valence-corrected chi connectivity index (χ4v) is 2.90. The maximum absolute atomic E-state index is 13.0. The third kappa shape index (κ3) is 5.03. The Hall–Kier alpha value is -3.21. The first-order valence-corrected chi connectivity index (χ1v) is 9.69. The van der Waals surface area contributed by atoms with Crippen molar-refractivity contribution in [2.45, 2.75) is 33.3 Å². The van der Waals surface area contributed by atoms with Crippen LogP contribution in [0, 0.1) is 0 Å². The van der Waals surface area contributed by atoms with E-state index >= 15 is 0 Å². The van der Waals surface area contributed by atoms with Crippen LogP contribution in [0.3, 0.4) is 0 Å². The quantitative estimate of drug-likeness (QED) is 0.540. The molecular weight excluding hydrogens is 416 g/mol. The summed E-state index contributed by atoms with van der Waals surface area (Å²) in [6, 6.07) is 4.63. The first-order chi connectivity index (χ1) is 14.2. The van der Waals surface area contributed by atoms with Crippen LogP contribution in [-0.4, -0.2) is 38.4 Å². The molecule has 0 bridgehead atoms. The number of rotatable bonds is 7. The van der Waals surface area contributed by atoms with Crippen molar-refractivity contribution in [3.8, 4) is 28.3 Å². The van der Waals surface area contributed by atoms with Crippen LogP contribution >= 0.6 is 11.5 Å². The minimum Gasteiger partial charge on any atom is -0.489 e. The van der Waals surface area contributed by atoms with Crippen molar-refractivity contribution in [2.75, 3.05) is 11.9 Å². The second-order valence-electron chi connectivity index (χ2n) is 6.50. The third-order valence-electron chi connectivity index (χ3n) is 3.87. The van der Waals surface area contributed by atoms with Crippen molar-refractivity contribution in [3.63, 3.8) is 0 Å². The lowest BCUT2D eigenvalue weighted by Gasteiger charge is -2.18. The van der Waals surface area contributed by atoms with Crippen molar-refractivity contribution in [1.29, 1.82) is 0 Å². The van der Waals surface area contributed by atoms with E-state index in [1.54, 1.807) is 18.3 Å². The molecule has 0 aliphatic heterocycles. The molecule has 0 saturated carbocycles. The summed E-state index contributed by atoms with van der Waals surface area (Å²) in [6.45, 7) is 5.14. The van der Waals surface area contributed by atoms with Gasteiger partial charge in [-0.3, -0.25) is 4.79 Å². The molecule has 3 aromatic rings. The molecule has 0 N–H and O–H groups in total. The van der Waals surface area contributed by atoms with Gasteiger partial charge in [0.25, 0.3) is 6.43 Å². The monoisotopic (exact) mass is 435 g/mol. The van der Waals surface area contributed by atoms with Crippen LogP contribution in [0.5, 0.6) is 16.8 Å². The van der Waals surface area contributed by atoms with E-state index < -0.39 is 6.43 Å². The molecular formula is C19H19F2N5O3S. The molecule has 158 valence electrons. The summed E-state index contributed by atoms with van der Waals surface area (Å²) in [5.41, 5.74) is 0.293. The Morgan fingerprint density at radius 3 is 2.57 bits per heavy atom. The first-order valence-electron chi connectivity index (χ1n) is 8.91. The van der Waals surface area contributed by atoms with Crippen LogP contribution in [0.15, 0.2) is 30.6 Å². The first kappa shape index (κ1) is 21.5. The second kappa shape index (κ2) is 9.08. The number of carbonyl (C=O) groups excluding carboxylic acids is 1. The third-order valence-corrected chi connectivity index (χ3v) is 4.46. The largest absolute Gasteiger partial charge is 0.489 e. The Morgan fingerprint density at radius 1 is 1.20 bits per heavy atom. The molecule has 1 amide bonds. The highest BCUT2D eigenvalue weighted by Gasteiger charge is 2.20. The number of carbonyl (C=O) groups is 1. The Balaban J connectivity index is 1.84. The van der Waals surface area contributed by atoms with Crippen LogP contribution in [0.1, 0.15) is 32.8 Å². The Labute approximate surface area is 175 Å². The standard InChI is InChI=1S/C19H19F2N5O3S/c1-10(2)28-13-5-6-14(22-9-13)17-24-19(30-25-17)29-18-15(26(4)11(3)27)7-12(8-23-18)16(20)21/h5-10,16H,1-4H3. The molecule has 3 aromatic heterocycles. The van der Waals surface area contributed by atoms with Gasteiger partial charge in [-0.25, -0.2) is 18.7 Å². The van der Waals surface area contributed by atoms with Gasteiger partial charge in [0.05, 0.1) is 12.3 Å². The average molecular weight is 435 g/mol. The molecule has 0 aromatic carbocycles. The summed E-state index contributed by atoms with van der Waals surface area (Å²) < 4.78 is 41.5. The van der Waals surface area contributed by atoms with Gasteiger partial charge in [0.2, 0.25) is 11.8 Å². The van der Waals surface area contributed by atoms with E-state index in [-0.39, 0.29) is 34.3 Å². The van der Waals surface area contributed by atoms with Crippen LogP contribution in [0.4, 0.5) is 14.5 Å². The maximum Gasteiger partial charge on any atom is 0.300 e. The SMILES string of the molecule is CC(=O)N(C)c1cc(C(F)F)cnc1Oc1nc(-c2ccc(OC(C)C)cn2)ns1. The van der Waals surface area contributed by atoms with E-state index in [2.05, 4.69) is 19.3 Å². The highest BCUT2D eigenvalue weighted by molar-refractivity contribution is 7.07. The number of alkyl halides is 2. The van der Waals surface area contributed by atoms with E-state index in [0.29, 0.717) is 17.3 Å². The molecule has 3 heterocycles. The number of pyridine rings is 2.